The number of aryl methyl sites for hydroxylation is 1. The SMILES string of the molecule is COc1ccc(C)cc1N1CC(CN=[N+]=[N-])CC1=O. The van der Waals surface area contributed by atoms with E-state index in [1.165, 1.54) is 0 Å². The molecule has 1 unspecified atom stereocenters. The normalized spacial score (nSPS) is 18.3. The summed E-state index contributed by atoms with van der Waals surface area (Å²) in [6.07, 6.45) is 0.413. The molecule has 0 bridgehead atoms. The Kier molecular flexibility index (Phi) is 3.92. The molecule has 0 radical (unpaired) electrons. The summed E-state index contributed by atoms with van der Waals surface area (Å²) >= 11 is 0. The van der Waals surface area contributed by atoms with Crippen molar-refractivity contribution in [3.63, 3.8) is 0 Å². The van der Waals surface area contributed by atoms with Crippen LogP contribution in [-0.2, 0) is 4.79 Å². The van der Waals surface area contributed by atoms with Crippen molar-refractivity contribution in [1.29, 1.82) is 0 Å². The number of carbonyl (C=O) groups is 1. The predicted octanol–water partition coefficient (Wildman–Crippen LogP) is 2.67. The van der Waals surface area contributed by atoms with E-state index >= 15 is 0 Å². The zero-order valence-corrected chi connectivity index (χ0v) is 11.0. The summed E-state index contributed by atoms with van der Waals surface area (Å²) in [5, 5.41) is 3.55. The Morgan fingerprint density at radius 1 is 1.58 bits per heavy atom. The van der Waals surface area contributed by atoms with Gasteiger partial charge in [-0.15, -0.1) is 0 Å². The summed E-state index contributed by atoms with van der Waals surface area (Å²) in [4.78, 5) is 16.5. The summed E-state index contributed by atoms with van der Waals surface area (Å²) in [6, 6.07) is 5.74. The number of azide groups is 1. The standard InChI is InChI=1S/C13H16N4O2/c1-9-3-4-12(19-2)11(5-9)17-8-10(6-13(17)18)7-15-16-14/h3-5,10H,6-8H2,1-2H3. The number of ether oxygens (including phenoxy) is 1. The first-order chi connectivity index (χ1) is 9.15. The highest BCUT2D eigenvalue weighted by molar-refractivity contribution is 5.97. The van der Waals surface area contributed by atoms with Crippen LogP contribution in [0.2, 0.25) is 0 Å². The summed E-state index contributed by atoms with van der Waals surface area (Å²) in [6.45, 7) is 2.89. The van der Waals surface area contributed by atoms with Gasteiger partial charge in [-0.1, -0.05) is 11.2 Å². The first-order valence-electron chi connectivity index (χ1n) is 6.11. The van der Waals surface area contributed by atoms with Crippen LogP contribution < -0.4 is 9.64 Å². The van der Waals surface area contributed by atoms with E-state index in [1.54, 1.807) is 12.0 Å². The molecule has 0 N–H and O–H groups in total. The Balaban J connectivity index is 2.24. The molecule has 0 aliphatic carbocycles. The Labute approximate surface area is 111 Å². The largest absolute Gasteiger partial charge is 0.495 e. The minimum atomic E-state index is 0.0436. The van der Waals surface area contributed by atoms with Crippen LogP contribution in [0.5, 0.6) is 5.75 Å². The fourth-order valence-electron chi connectivity index (χ4n) is 2.30. The lowest BCUT2D eigenvalue weighted by Crippen LogP contribution is -2.25. The number of benzene rings is 1. The molecule has 1 aromatic carbocycles. The second kappa shape index (κ2) is 5.63. The van der Waals surface area contributed by atoms with Crippen molar-refractivity contribution >= 4 is 11.6 Å². The van der Waals surface area contributed by atoms with Crippen LogP contribution in [0.3, 0.4) is 0 Å². The van der Waals surface area contributed by atoms with Crippen molar-refractivity contribution in [2.75, 3.05) is 25.1 Å². The lowest BCUT2D eigenvalue weighted by Gasteiger charge is -2.20. The van der Waals surface area contributed by atoms with Gasteiger partial charge in [0.1, 0.15) is 5.75 Å². The quantitative estimate of drug-likeness (QED) is 0.474. The van der Waals surface area contributed by atoms with Gasteiger partial charge in [-0.3, -0.25) is 4.79 Å². The maximum absolute atomic E-state index is 12.1. The topological polar surface area (TPSA) is 78.3 Å². The summed E-state index contributed by atoms with van der Waals surface area (Å²) in [7, 11) is 1.59. The highest BCUT2D eigenvalue weighted by Gasteiger charge is 2.31. The third-order valence-electron chi connectivity index (χ3n) is 3.23. The van der Waals surface area contributed by atoms with Crippen LogP contribution in [0.1, 0.15) is 12.0 Å². The van der Waals surface area contributed by atoms with Crippen LogP contribution >= 0.6 is 0 Å². The molecule has 1 aliphatic rings. The van der Waals surface area contributed by atoms with Crippen molar-refractivity contribution in [1.82, 2.24) is 0 Å². The monoisotopic (exact) mass is 260 g/mol. The van der Waals surface area contributed by atoms with Crippen LogP contribution in [0.15, 0.2) is 23.3 Å². The number of nitrogens with zero attached hydrogens (tertiary/aromatic N) is 4. The number of hydrogen-bond donors (Lipinski definition) is 0. The van der Waals surface area contributed by atoms with Gasteiger partial charge in [0.25, 0.3) is 0 Å². The fourth-order valence-corrected chi connectivity index (χ4v) is 2.30. The Morgan fingerprint density at radius 2 is 2.37 bits per heavy atom. The minimum absolute atomic E-state index is 0.0436. The van der Waals surface area contributed by atoms with Crippen LogP contribution in [-0.4, -0.2) is 26.1 Å². The van der Waals surface area contributed by atoms with Gasteiger partial charge >= 0.3 is 0 Å². The lowest BCUT2D eigenvalue weighted by atomic mass is 10.1. The number of anilines is 1. The average molecular weight is 260 g/mol. The molecule has 1 fully saturated rings. The number of hydrogen-bond acceptors (Lipinski definition) is 3. The molecule has 1 aliphatic heterocycles. The molecule has 1 amide bonds. The molecule has 1 aromatic rings. The molecule has 6 nitrogen and oxygen atoms in total. The van der Waals surface area contributed by atoms with E-state index in [0.717, 1.165) is 11.3 Å². The number of amides is 1. The molecule has 0 aromatic heterocycles. The molecular weight excluding hydrogens is 244 g/mol. The molecule has 19 heavy (non-hydrogen) atoms. The van der Waals surface area contributed by atoms with Crippen molar-refractivity contribution < 1.29 is 9.53 Å². The minimum Gasteiger partial charge on any atom is -0.495 e. The number of rotatable bonds is 4. The number of carbonyl (C=O) groups excluding carboxylic acids is 1. The number of methoxy groups -OCH3 is 1. The smallest absolute Gasteiger partial charge is 0.227 e. The third kappa shape index (κ3) is 2.80. The Morgan fingerprint density at radius 3 is 3.05 bits per heavy atom. The van der Waals surface area contributed by atoms with Crippen LogP contribution in [0.4, 0.5) is 5.69 Å². The van der Waals surface area contributed by atoms with E-state index in [4.69, 9.17) is 10.3 Å². The van der Waals surface area contributed by atoms with E-state index in [9.17, 15) is 4.79 Å². The molecule has 100 valence electrons. The Hall–Kier alpha value is -2.20. The molecule has 0 saturated carbocycles. The van der Waals surface area contributed by atoms with E-state index in [1.807, 2.05) is 25.1 Å². The molecule has 0 spiro atoms. The fraction of sp³-hybridized carbons (Fsp3) is 0.462. The van der Waals surface area contributed by atoms with Gasteiger partial charge in [-0.05, 0) is 36.1 Å². The van der Waals surface area contributed by atoms with Gasteiger partial charge in [-0.25, -0.2) is 0 Å². The summed E-state index contributed by atoms with van der Waals surface area (Å²) in [5.41, 5.74) is 10.2. The molecule has 6 heteroatoms. The average Bonchev–Trinajstić information content (AvgIpc) is 2.77. The van der Waals surface area contributed by atoms with E-state index in [-0.39, 0.29) is 11.8 Å². The zero-order valence-electron chi connectivity index (χ0n) is 11.0. The molecule has 2 rings (SSSR count). The third-order valence-corrected chi connectivity index (χ3v) is 3.23. The highest BCUT2D eigenvalue weighted by atomic mass is 16.5. The molecule has 1 heterocycles. The van der Waals surface area contributed by atoms with Gasteiger partial charge in [0.15, 0.2) is 0 Å². The summed E-state index contributed by atoms with van der Waals surface area (Å²) in [5.74, 6) is 0.805. The first-order valence-corrected chi connectivity index (χ1v) is 6.11. The second-order valence-electron chi connectivity index (χ2n) is 4.66. The van der Waals surface area contributed by atoms with Crippen LogP contribution in [0.25, 0.3) is 10.4 Å². The van der Waals surface area contributed by atoms with Crippen molar-refractivity contribution in [2.45, 2.75) is 13.3 Å². The molecule has 1 atom stereocenters. The highest BCUT2D eigenvalue weighted by Crippen LogP contribution is 2.33. The van der Waals surface area contributed by atoms with Crippen molar-refractivity contribution in [3.8, 4) is 5.75 Å². The Bertz CT molecular complexity index is 537. The molecular formula is C13H16N4O2. The van der Waals surface area contributed by atoms with Gasteiger partial charge in [0, 0.05) is 24.4 Å². The maximum atomic E-state index is 12.1. The van der Waals surface area contributed by atoms with Crippen molar-refractivity contribution in [2.24, 2.45) is 11.0 Å². The van der Waals surface area contributed by atoms with E-state index < -0.39 is 0 Å². The first kappa shape index (κ1) is 13.2. The lowest BCUT2D eigenvalue weighted by molar-refractivity contribution is -0.117. The van der Waals surface area contributed by atoms with Crippen LogP contribution in [0, 0.1) is 12.8 Å². The van der Waals surface area contributed by atoms with E-state index in [2.05, 4.69) is 10.0 Å². The van der Waals surface area contributed by atoms with Gasteiger partial charge in [-0.2, -0.15) is 0 Å². The van der Waals surface area contributed by atoms with Gasteiger partial charge in [0.2, 0.25) is 5.91 Å². The van der Waals surface area contributed by atoms with E-state index in [0.29, 0.717) is 25.3 Å². The predicted molar refractivity (Wildman–Crippen MR) is 72.2 cm³/mol. The van der Waals surface area contributed by atoms with Crippen molar-refractivity contribution in [3.05, 3.63) is 34.2 Å². The second-order valence-corrected chi connectivity index (χ2v) is 4.66. The molecule has 1 saturated heterocycles. The van der Waals surface area contributed by atoms with Gasteiger partial charge in [0.05, 0.1) is 12.8 Å². The zero-order chi connectivity index (χ0) is 13.8. The maximum Gasteiger partial charge on any atom is 0.227 e. The van der Waals surface area contributed by atoms with Gasteiger partial charge < -0.3 is 9.64 Å². The summed E-state index contributed by atoms with van der Waals surface area (Å²) < 4.78 is 5.30.